The molecule has 0 unspecified atom stereocenters. The molecule has 2 rings (SSSR count). The van der Waals surface area contributed by atoms with E-state index in [2.05, 4.69) is 0 Å². The molecule has 0 aliphatic rings. The van der Waals surface area contributed by atoms with Crippen molar-refractivity contribution < 1.29 is 19.8 Å². The van der Waals surface area contributed by atoms with E-state index in [0.717, 1.165) is 0 Å². The number of para-hydroxylation sites is 2. The van der Waals surface area contributed by atoms with Gasteiger partial charge in [-0.15, -0.1) is 0 Å². The van der Waals surface area contributed by atoms with Crippen LogP contribution in [0.2, 0.25) is 0 Å². The number of benzene rings is 2. The number of phenolic OH excluding ortho intramolecular Hbond substituents is 2. The van der Waals surface area contributed by atoms with Crippen LogP contribution >= 0.6 is 47.1 Å². The van der Waals surface area contributed by atoms with Crippen LogP contribution in [0.1, 0.15) is 0 Å². The molecule has 0 aromatic heterocycles. The molecule has 0 spiro atoms. The summed E-state index contributed by atoms with van der Waals surface area (Å²) in [6.45, 7) is 0. The van der Waals surface area contributed by atoms with Gasteiger partial charge < -0.3 is 10.2 Å². The molecule has 0 heterocycles. The first-order valence-electron chi connectivity index (χ1n) is 5.04. The first kappa shape index (κ1) is 20.2. The van der Waals surface area contributed by atoms with Gasteiger partial charge in [0, 0.05) is 0 Å². The summed E-state index contributed by atoms with van der Waals surface area (Å²) in [7, 11) is 20.9. The summed E-state index contributed by atoms with van der Waals surface area (Å²) < 4.78 is 0. The van der Waals surface area contributed by atoms with E-state index in [0.29, 0.717) is 11.5 Å². The standard InChI is InChI=1S/2C6H6O.5ClH.W/c2*7-6-4-2-1-3-5-6;;;;;;/h2*1-5,7H;5*1H;/q;;;;;;;+5/p-5. The van der Waals surface area contributed by atoms with Gasteiger partial charge in [-0.3, -0.25) is 0 Å². The van der Waals surface area contributed by atoms with Crippen LogP contribution in [0.3, 0.4) is 0 Å². The van der Waals surface area contributed by atoms with Crippen LogP contribution in [0.15, 0.2) is 60.7 Å². The Morgan fingerprint density at radius 2 is 0.750 bits per heavy atom. The molecular weight excluding hydrogens is 537 g/mol. The van der Waals surface area contributed by atoms with E-state index in [1.807, 2.05) is 12.1 Å². The zero-order valence-corrected chi connectivity index (χ0v) is 16.7. The Morgan fingerprint density at radius 3 is 0.850 bits per heavy atom. The van der Waals surface area contributed by atoms with Crippen LogP contribution < -0.4 is 0 Å². The molecule has 0 aliphatic heterocycles. The zero-order chi connectivity index (χ0) is 15.7. The molecule has 2 N–H and O–H groups in total. The molecule has 0 radical (unpaired) electrons. The van der Waals surface area contributed by atoms with E-state index >= 15 is 0 Å². The zero-order valence-electron chi connectivity index (χ0n) is 9.97. The van der Waals surface area contributed by atoms with E-state index in [1.165, 1.54) is 0 Å². The Kier molecular flexibility index (Phi) is 9.33. The fourth-order valence-corrected chi connectivity index (χ4v) is 0.856. The molecule has 0 atom stereocenters. The van der Waals surface area contributed by atoms with Crippen LogP contribution in [0.5, 0.6) is 11.5 Å². The molecule has 0 saturated heterocycles. The van der Waals surface area contributed by atoms with Crippen molar-refractivity contribution in [3.8, 4) is 11.5 Å². The number of rotatable bonds is 0. The van der Waals surface area contributed by atoms with E-state index in [1.54, 1.807) is 48.5 Å². The topological polar surface area (TPSA) is 40.5 Å². The summed E-state index contributed by atoms with van der Waals surface area (Å²) in [5.74, 6) is 0.644. The van der Waals surface area contributed by atoms with Crippen molar-refractivity contribution in [2.24, 2.45) is 0 Å². The fourth-order valence-electron chi connectivity index (χ4n) is 0.856. The van der Waals surface area contributed by atoms with Crippen molar-refractivity contribution in [3.63, 3.8) is 0 Å². The van der Waals surface area contributed by atoms with E-state index < -0.39 is 9.60 Å². The molecule has 0 bridgehead atoms. The minimum absolute atomic E-state index is 0.322. The van der Waals surface area contributed by atoms with Gasteiger partial charge in [0.05, 0.1) is 0 Å². The number of hydrogen-bond donors (Lipinski definition) is 2. The van der Waals surface area contributed by atoms with Gasteiger partial charge >= 0.3 is 56.7 Å². The molecule has 0 fully saturated rings. The Bertz CT molecular complexity index is 431. The second-order valence-corrected chi connectivity index (χ2v) is 45.6. The summed E-state index contributed by atoms with van der Waals surface area (Å²) in [5, 5.41) is 17.3. The third-order valence-corrected chi connectivity index (χ3v) is 1.51. The molecule has 113 valence electrons. The molecule has 0 amide bonds. The second-order valence-electron chi connectivity index (χ2n) is 3.25. The van der Waals surface area contributed by atoms with Gasteiger partial charge in [0.2, 0.25) is 0 Å². The Hall–Kier alpha value is 0.178. The van der Waals surface area contributed by atoms with Gasteiger partial charge in [0.15, 0.2) is 0 Å². The molecule has 20 heavy (non-hydrogen) atoms. The number of phenols is 2. The van der Waals surface area contributed by atoms with Gasteiger partial charge in [-0.1, -0.05) is 36.4 Å². The third kappa shape index (κ3) is 20.5. The average Bonchev–Trinajstić information content (AvgIpc) is 2.28. The predicted molar refractivity (Wildman–Crippen MR) is 85.5 cm³/mol. The molecule has 2 aromatic rings. The van der Waals surface area contributed by atoms with Gasteiger partial charge in [0.1, 0.15) is 11.5 Å². The summed E-state index contributed by atoms with van der Waals surface area (Å²) in [5.41, 5.74) is 0. The fraction of sp³-hybridized carbons (Fsp3) is 0. The van der Waals surface area contributed by atoms with E-state index in [-0.39, 0.29) is 0 Å². The number of hydrogen-bond acceptors (Lipinski definition) is 2. The molecule has 2 nitrogen and oxygen atoms in total. The molecule has 8 heteroatoms. The van der Waals surface area contributed by atoms with Gasteiger partial charge in [-0.05, 0) is 24.3 Å². The first-order valence-corrected chi connectivity index (χ1v) is 23.2. The van der Waals surface area contributed by atoms with Crippen LogP contribution in [-0.4, -0.2) is 10.2 Å². The van der Waals surface area contributed by atoms with Crippen molar-refractivity contribution in [1.29, 1.82) is 0 Å². The predicted octanol–water partition coefficient (Wildman–Crippen LogP) is 6.23. The second kappa shape index (κ2) is 9.25. The van der Waals surface area contributed by atoms with Crippen molar-refractivity contribution in [1.82, 2.24) is 0 Å². The average molecular weight is 549 g/mol. The maximum atomic E-state index is 8.63. The Labute approximate surface area is 138 Å². The molecular formula is C12H12Cl5O2W. The number of halogens is 5. The summed E-state index contributed by atoms with van der Waals surface area (Å²) in [4.78, 5) is 0. The van der Waals surface area contributed by atoms with Gasteiger partial charge in [-0.2, -0.15) is 0 Å². The Morgan fingerprint density at radius 1 is 0.550 bits per heavy atom. The van der Waals surface area contributed by atoms with Crippen molar-refractivity contribution in [3.05, 3.63) is 60.7 Å². The quantitative estimate of drug-likeness (QED) is 0.409. The summed E-state index contributed by atoms with van der Waals surface area (Å²) >= 11 is 0. The van der Waals surface area contributed by atoms with Crippen molar-refractivity contribution >= 4 is 47.1 Å². The Balaban J connectivity index is 0.000000272. The SMILES string of the molecule is Oc1ccccc1.Oc1ccccc1.[Cl][W]([Cl])([Cl])([Cl])[Cl]. The van der Waals surface area contributed by atoms with Gasteiger partial charge in [0.25, 0.3) is 0 Å². The monoisotopic (exact) mass is 547 g/mol. The van der Waals surface area contributed by atoms with Crippen LogP contribution in [0, 0.1) is 0 Å². The first-order chi connectivity index (χ1) is 9.02. The van der Waals surface area contributed by atoms with Crippen LogP contribution in [-0.2, 0) is 9.60 Å². The van der Waals surface area contributed by atoms with E-state index in [9.17, 15) is 0 Å². The minimum atomic E-state index is -4.39. The molecule has 2 aromatic carbocycles. The van der Waals surface area contributed by atoms with Crippen LogP contribution in [0.25, 0.3) is 0 Å². The third-order valence-electron chi connectivity index (χ3n) is 1.51. The maximum absolute atomic E-state index is 8.63. The van der Waals surface area contributed by atoms with Crippen molar-refractivity contribution in [2.45, 2.75) is 0 Å². The molecule has 0 aliphatic carbocycles. The number of aromatic hydroxyl groups is 2. The van der Waals surface area contributed by atoms with Crippen LogP contribution in [0.4, 0.5) is 0 Å². The molecule has 0 saturated carbocycles. The van der Waals surface area contributed by atoms with Crippen molar-refractivity contribution in [2.75, 3.05) is 0 Å². The van der Waals surface area contributed by atoms with E-state index in [4.69, 9.17) is 57.3 Å². The van der Waals surface area contributed by atoms with Gasteiger partial charge in [-0.25, -0.2) is 0 Å². The summed E-state index contributed by atoms with van der Waals surface area (Å²) in [6.07, 6.45) is 0. The normalized spacial score (nSPS) is 11.8. The summed E-state index contributed by atoms with van der Waals surface area (Å²) in [6, 6.07) is 17.4.